The third-order valence-corrected chi connectivity index (χ3v) is 15.7. The summed E-state index contributed by atoms with van der Waals surface area (Å²) in [4.78, 5) is 2.54. The van der Waals surface area contributed by atoms with E-state index in [-0.39, 0.29) is 5.41 Å². The molecule has 2 aliphatic carbocycles. The van der Waals surface area contributed by atoms with Gasteiger partial charge in [-0.2, -0.15) is 5.10 Å². The summed E-state index contributed by atoms with van der Waals surface area (Å²) in [7, 11) is 0. The number of aromatic nitrogens is 2. The van der Waals surface area contributed by atoms with Crippen molar-refractivity contribution in [1.82, 2.24) is 9.61 Å². The molecule has 0 radical (unpaired) electrons. The lowest BCUT2D eigenvalue weighted by molar-refractivity contribution is 0.660. The number of pyridine rings is 1. The van der Waals surface area contributed by atoms with Crippen LogP contribution >= 0.6 is 0 Å². The highest BCUT2D eigenvalue weighted by Crippen LogP contribution is 2.59. The lowest BCUT2D eigenvalue weighted by atomic mass is 9.67. The fourth-order valence-electron chi connectivity index (χ4n) is 12.5. The zero-order valence-corrected chi connectivity index (χ0v) is 40.2. The van der Waals surface area contributed by atoms with Crippen molar-refractivity contribution in [1.29, 1.82) is 0 Å². The van der Waals surface area contributed by atoms with E-state index in [2.05, 4.69) is 284 Å². The molecule has 2 aromatic heterocycles. The highest BCUT2D eigenvalue weighted by atomic mass is 15.2. The van der Waals surface area contributed by atoms with Gasteiger partial charge in [-0.15, -0.1) is 0 Å². The summed E-state index contributed by atoms with van der Waals surface area (Å²) in [6.45, 7) is 4.75. The fraction of sp³-hybridized carbons (Fsp3) is 0.0580. The third-order valence-electron chi connectivity index (χ3n) is 15.7. The molecule has 0 fully saturated rings. The van der Waals surface area contributed by atoms with E-state index in [0.29, 0.717) is 0 Å². The van der Waals surface area contributed by atoms with E-state index in [1.165, 1.54) is 55.6 Å². The quantitative estimate of drug-likeness (QED) is 0.151. The van der Waals surface area contributed by atoms with Gasteiger partial charge >= 0.3 is 0 Å². The van der Waals surface area contributed by atoms with Crippen LogP contribution in [-0.2, 0) is 10.8 Å². The first-order valence-corrected chi connectivity index (χ1v) is 25.0. The number of hydrogen-bond acceptors (Lipinski definition) is 2. The van der Waals surface area contributed by atoms with Gasteiger partial charge in [0, 0.05) is 44.4 Å². The summed E-state index contributed by atoms with van der Waals surface area (Å²) in [6.07, 6.45) is 0. The lowest BCUT2D eigenvalue weighted by Gasteiger charge is -2.35. The second-order valence-corrected chi connectivity index (χ2v) is 19.8. The summed E-state index contributed by atoms with van der Waals surface area (Å²) < 4.78 is 2.20. The molecule has 0 aliphatic heterocycles. The molecule has 0 spiro atoms. The Hall–Kier alpha value is -9.05. The molecule has 0 bridgehead atoms. The van der Waals surface area contributed by atoms with Crippen molar-refractivity contribution in [2.24, 2.45) is 0 Å². The van der Waals surface area contributed by atoms with Crippen molar-refractivity contribution in [3.8, 4) is 55.9 Å². The van der Waals surface area contributed by atoms with Gasteiger partial charge in [-0.25, -0.2) is 4.52 Å². The molecule has 0 N–H and O–H groups in total. The molecular weight excluding hydrogens is 871 g/mol. The fourth-order valence-corrected chi connectivity index (χ4v) is 12.5. The maximum atomic E-state index is 5.60. The van der Waals surface area contributed by atoms with Gasteiger partial charge in [-0.1, -0.05) is 238 Å². The van der Waals surface area contributed by atoms with Crippen LogP contribution in [0.2, 0.25) is 0 Å². The van der Waals surface area contributed by atoms with Gasteiger partial charge in [0.2, 0.25) is 0 Å². The van der Waals surface area contributed by atoms with Gasteiger partial charge < -0.3 is 4.90 Å². The van der Waals surface area contributed by atoms with Crippen molar-refractivity contribution in [2.75, 3.05) is 4.90 Å². The molecule has 2 aliphatic rings. The summed E-state index contributed by atoms with van der Waals surface area (Å²) in [6, 6.07) is 96.0. The highest BCUT2D eigenvalue weighted by Gasteiger charge is 2.46. The van der Waals surface area contributed by atoms with Crippen LogP contribution in [0.3, 0.4) is 0 Å². The number of fused-ring (bicyclic) bond motifs is 9. The van der Waals surface area contributed by atoms with Gasteiger partial charge in [-0.3, -0.25) is 0 Å². The van der Waals surface area contributed by atoms with Crippen LogP contribution in [0.1, 0.15) is 47.2 Å². The molecule has 14 rings (SSSR count). The highest BCUT2D eigenvalue weighted by molar-refractivity contribution is 6.10. The first kappa shape index (κ1) is 41.9. The predicted octanol–water partition coefficient (Wildman–Crippen LogP) is 17.6. The Labute approximate surface area is 420 Å². The van der Waals surface area contributed by atoms with E-state index in [4.69, 9.17) is 5.10 Å². The minimum absolute atomic E-state index is 0.192. The minimum atomic E-state index is -0.567. The Kier molecular flexibility index (Phi) is 9.46. The Balaban J connectivity index is 1.10. The SMILES string of the molecule is CC1(C)c2ccccc2-c2c(N(c3ccc4c(c3)C(c3ccccc3)(c3ccccc3)c3ccccc3-4)c3ccc4cc(-c5ccccc5)n5nc(-c6ccccc6)c(-c6ccccc6)c5c4c3)cccc21. The van der Waals surface area contributed by atoms with Crippen LogP contribution in [-0.4, -0.2) is 9.61 Å². The van der Waals surface area contributed by atoms with E-state index in [0.717, 1.165) is 67.0 Å². The molecule has 0 amide bonds. The van der Waals surface area contributed by atoms with Gasteiger partial charge in [0.15, 0.2) is 0 Å². The van der Waals surface area contributed by atoms with Crippen LogP contribution in [0, 0.1) is 0 Å². The van der Waals surface area contributed by atoms with Crippen molar-refractivity contribution in [2.45, 2.75) is 24.7 Å². The van der Waals surface area contributed by atoms with E-state index >= 15 is 0 Å². The monoisotopic (exact) mass is 919 g/mol. The van der Waals surface area contributed by atoms with Crippen LogP contribution in [0.15, 0.2) is 261 Å². The number of rotatable bonds is 8. The zero-order chi connectivity index (χ0) is 48.0. The first-order chi connectivity index (χ1) is 35.5. The molecule has 10 aromatic carbocycles. The lowest BCUT2D eigenvalue weighted by Crippen LogP contribution is -2.28. The molecular formula is C69H49N3. The Bertz CT molecular complexity index is 4000. The largest absolute Gasteiger partial charge is 0.310 e. The molecule has 0 unspecified atom stereocenters. The molecule has 0 atom stereocenters. The van der Waals surface area contributed by atoms with Gasteiger partial charge in [0.1, 0.15) is 5.69 Å². The van der Waals surface area contributed by atoms with Crippen LogP contribution < -0.4 is 4.90 Å². The van der Waals surface area contributed by atoms with E-state index in [1.807, 2.05) is 0 Å². The number of anilines is 3. The maximum absolute atomic E-state index is 5.60. The molecule has 340 valence electrons. The third kappa shape index (κ3) is 6.14. The van der Waals surface area contributed by atoms with Gasteiger partial charge in [0.25, 0.3) is 0 Å². The van der Waals surface area contributed by atoms with E-state index in [9.17, 15) is 0 Å². The summed E-state index contributed by atoms with van der Waals surface area (Å²) in [5, 5.41) is 7.86. The van der Waals surface area contributed by atoms with Crippen molar-refractivity contribution in [3.05, 3.63) is 294 Å². The number of benzene rings is 10. The van der Waals surface area contributed by atoms with Crippen molar-refractivity contribution < 1.29 is 0 Å². The minimum Gasteiger partial charge on any atom is -0.310 e. The van der Waals surface area contributed by atoms with Gasteiger partial charge in [-0.05, 0) is 97.4 Å². The number of nitrogens with zero attached hydrogens (tertiary/aromatic N) is 3. The van der Waals surface area contributed by atoms with Gasteiger partial charge in [0.05, 0.1) is 22.3 Å². The summed E-state index contributed by atoms with van der Waals surface area (Å²) in [5.41, 5.74) is 22.8. The molecule has 12 aromatic rings. The molecule has 0 saturated heterocycles. The average Bonchev–Trinajstić information content (AvgIpc) is 4.07. The van der Waals surface area contributed by atoms with E-state index < -0.39 is 5.41 Å². The second-order valence-electron chi connectivity index (χ2n) is 19.8. The maximum Gasteiger partial charge on any atom is 0.101 e. The van der Waals surface area contributed by atoms with Crippen LogP contribution in [0.4, 0.5) is 17.1 Å². The van der Waals surface area contributed by atoms with Crippen molar-refractivity contribution in [3.63, 3.8) is 0 Å². The molecule has 3 heteroatoms. The Morgan fingerprint density at radius 1 is 0.389 bits per heavy atom. The first-order valence-electron chi connectivity index (χ1n) is 25.0. The Morgan fingerprint density at radius 2 is 0.917 bits per heavy atom. The Morgan fingerprint density at radius 3 is 1.60 bits per heavy atom. The molecule has 0 saturated carbocycles. The molecule has 2 heterocycles. The smallest absolute Gasteiger partial charge is 0.101 e. The van der Waals surface area contributed by atoms with Crippen LogP contribution in [0.25, 0.3) is 72.2 Å². The summed E-state index contributed by atoms with van der Waals surface area (Å²) in [5.74, 6) is 0. The second kappa shape index (κ2) is 16.3. The average molecular weight is 920 g/mol. The predicted molar refractivity (Wildman–Crippen MR) is 299 cm³/mol. The summed E-state index contributed by atoms with van der Waals surface area (Å²) >= 11 is 0. The normalized spacial score (nSPS) is 13.6. The number of hydrogen-bond donors (Lipinski definition) is 0. The van der Waals surface area contributed by atoms with Crippen LogP contribution in [0.5, 0.6) is 0 Å². The zero-order valence-electron chi connectivity index (χ0n) is 40.2. The standard InChI is InChI=1S/C69H49N3/c1-68(2)58-35-20-19-34-56(58)65-60(68)37-22-38-62(65)71(53-41-42-55-54-33-18-21-36-59(54)69(61(55)45-53,50-29-14-6-15-30-50)51-31-16-7-17-32-51)52-40-39-49-43-63(46-23-8-3-9-24-46)72-67(57(49)44-52)64(47-25-10-4-11-26-47)66(70-72)48-27-12-5-13-28-48/h3-45H,1-2H3. The van der Waals surface area contributed by atoms with Crippen molar-refractivity contribution >= 4 is 33.4 Å². The molecule has 72 heavy (non-hydrogen) atoms. The van der Waals surface area contributed by atoms with E-state index in [1.54, 1.807) is 0 Å². The topological polar surface area (TPSA) is 20.5 Å². The molecule has 3 nitrogen and oxygen atoms in total.